The maximum Gasteiger partial charge on any atom is 0.323 e. The number of fused-ring (bicyclic) bond motifs is 1. The molecule has 4 heteroatoms. The Morgan fingerprint density at radius 3 is 2.86 bits per heavy atom. The maximum atomic E-state index is 11.5. The Bertz CT molecular complexity index is 244. The van der Waals surface area contributed by atoms with Crippen LogP contribution in [-0.2, 0) is 9.53 Å². The molecule has 1 saturated heterocycles. The Morgan fingerprint density at radius 1 is 1.50 bits per heavy atom. The van der Waals surface area contributed by atoms with E-state index in [4.69, 9.17) is 4.74 Å². The second-order valence-corrected chi connectivity index (χ2v) is 4.46. The summed E-state index contributed by atoms with van der Waals surface area (Å²) in [5.41, 5.74) is 0. The molecule has 1 unspecified atom stereocenters. The van der Waals surface area contributed by atoms with Crippen LogP contribution >= 0.6 is 0 Å². The second kappa shape index (κ2) is 3.51. The van der Waals surface area contributed by atoms with Crippen molar-refractivity contribution >= 4 is 5.97 Å². The highest BCUT2D eigenvalue weighted by Gasteiger charge is 2.49. The molecule has 0 amide bonds. The number of likely N-dealkylation sites (N-methyl/N-ethyl adjacent to an activating group) is 1. The lowest BCUT2D eigenvalue weighted by Gasteiger charge is -2.21. The van der Waals surface area contributed by atoms with E-state index in [1.807, 2.05) is 11.9 Å². The Morgan fingerprint density at radius 2 is 2.21 bits per heavy atom. The summed E-state index contributed by atoms with van der Waals surface area (Å²) >= 11 is 0. The van der Waals surface area contributed by atoms with Crippen molar-refractivity contribution in [1.29, 1.82) is 0 Å². The van der Waals surface area contributed by atoms with Gasteiger partial charge < -0.3 is 9.84 Å². The molecule has 80 valence electrons. The summed E-state index contributed by atoms with van der Waals surface area (Å²) in [6, 6.07) is -0.137. The third-order valence-electron chi connectivity index (χ3n) is 3.57. The van der Waals surface area contributed by atoms with Gasteiger partial charge in [0.2, 0.25) is 0 Å². The number of aliphatic hydroxyl groups excluding tert-OH is 1. The fourth-order valence-electron chi connectivity index (χ4n) is 3.01. The number of carbonyl (C=O) groups excluding carboxylic acids is 1. The molecular formula is C10H17NO3. The molecular weight excluding hydrogens is 182 g/mol. The van der Waals surface area contributed by atoms with Crippen molar-refractivity contribution in [3.8, 4) is 0 Å². The molecule has 4 atom stereocenters. The zero-order chi connectivity index (χ0) is 10.3. The summed E-state index contributed by atoms with van der Waals surface area (Å²) in [4.78, 5) is 13.6. The van der Waals surface area contributed by atoms with E-state index in [0.717, 1.165) is 19.4 Å². The third-order valence-corrected chi connectivity index (χ3v) is 3.57. The number of carbonyl (C=O) groups is 1. The second-order valence-electron chi connectivity index (χ2n) is 4.46. The third kappa shape index (κ3) is 1.42. The van der Waals surface area contributed by atoms with E-state index in [-0.39, 0.29) is 18.1 Å². The Balaban J connectivity index is 2.12. The molecule has 1 saturated carbocycles. The Kier molecular flexibility index (Phi) is 2.49. The van der Waals surface area contributed by atoms with E-state index in [2.05, 4.69) is 0 Å². The number of ether oxygens (including phenoxy) is 1. The molecule has 1 aliphatic carbocycles. The van der Waals surface area contributed by atoms with Crippen LogP contribution in [0, 0.1) is 11.8 Å². The first-order valence-corrected chi connectivity index (χ1v) is 5.09. The van der Waals surface area contributed by atoms with Gasteiger partial charge in [0.1, 0.15) is 6.04 Å². The molecule has 0 aromatic heterocycles. The minimum Gasteiger partial charge on any atom is -0.468 e. The lowest BCUT2D eigenvalue weighted by Crippen LogP contribution is -2.38. The van der Waals surface area contributed by atoms with E-state index in [9.17, 15) is 9.90 Å². The molecule has 2 fully saturated rings. The van der Waals surface area contributed by atoms with Crippen LogP contribution in [0.2, 0.25) is 0 Å². The molecule has 2 aliphatic rings. The highest BCUT2D eigenvalue weighted by molar-refractivity contribution is 5.76. The number of esters is 1. The van der Waals surface area contributed by atoms with Gasteiger partial charge in [-0.05, 0) is 31.7 Å². The van der Waals surface area contributed by atoms with Crippen molar-refractivity contribution in [2.24, 2.45) is 11.8 Å². The molecule has 1 N–H and O–H groups in total. The zero-order valence-electron chi connectivity index (χ0n) is 8.64. The monoisotopic (exact) mass is 199 g/mol. The number of hydrogen-bond donors (Lipinski definition) is 1. The van der Waals surface area contributed by atoms with Gasteiger partial charge in [-0.1, -0.05) is 0 Å². The first-order valence-electron chi connectivity index (χ1n) is 5.09. The Labute approximate surface area is 83.8 Å². The van der Waals surface area contributed by atoms with Crippen molar-refractivity contribution in [2.45, 2.75) is 25.0 Å². The van der Waals surface area contributed by atoms with Gasteiger partial charge >= 0.3 is 5.97 Å². The van der Waals surface area contributed by atoms with Gasteiger partial charge in [0.15, 0.2) is 0 Å². The quantitative estimate of drug-likeness (QED) is 0.597. The number of nitrogens with zero attached hydrogens (tertiary/aromatic N) is 1. The van der Waals surface area contributed by atoms with Gasteiger partial charge in [-0.2, -0.15) is 0 Å². The lowest BCUT2D eigenvalue weighted by molar-refractivity contribution is -0.146. The van der Waals surface area contributed by atoms with Gasteiger partial charge in [0.25, 0.3) is 0 Å². The molecule has 4 nitrogen and oxygen atoms in total. The number of likely N-dealkylation sites (tertiary alicyclic amines) is 1. The van der Waals surface area contributed by atoms with Crippen LogP contribution in [0.5, 0.6) is 0 Å². The highest BCUT2D eigenvalue weighted by atomic mass is 16.5. The van der Waals surface area contributed by atoms with E-state index in [1.54, 1.807) is 0 Å². The summed E-state index contributed by atoms with van der Waals surface area (Å²) in [6.45, 7) is 0.904. The van der Waals surface area contributed by atoms with Gasteiger partial charge in [-0.15, -0.1) is 0 Å². The molecule has 0 bridgehead atoms. The fourth-order valence-corrected chi connectivity index (χ4v) is 3.01. The predicted octanol–water partition coefficient (Wildman–Crippen LogP) is -0.140. The van der Waals surface area contributed by atoms with Crippen molar-refractivity contribution < 1.29 is 14.6 Å². The van der Waals surface area contributed by atoms with Crippen molar-refractivity contribution in [3.05, 3.63) is 0 Å². The molecule has 1 aliphatic heterocycles. The standard InChI is InChI=1S/C10H17NO3/c1-11-5-6-3-7(12)4-8(6)9(11)10(13)14-2/h6-9,12H,3-5H2,1-2H3/t6-,7?,8-,9+/m1/s1. The van der Waals surface area contributed by atoms with Crippen molar-refractivity contribution in [1.82, 2.24) is 4.90 Å². The van der Waals surface area contributed by atoms with E-state index < -0.39 is 0 Å². The summed E-state index contributed by atoms with van der Waals surface area (Å²) < 4.78 is 4.79. The topological polar surface area (TPSA) is 49.8 Å². The summed E-state index contributed by atoms with van der Waals surface area (Å²) in [7, 11) is 3.38. The molecule has 0 aromatic carbocycles. The Hall–Kier alpha value is -0.610. The first kappa shape index (κ1) is 9.93. The minimum absolute atomic E-state index is 0.137. The largest absolute Gasteiger partial charge is 0.468 e. The minimum atomic E-state index is -0.217. The smallest absolute Gasteiger partial charge is 0.323 e. The van der Waals surface area contributed by atoms with Crippen LogP contribution in [0.4, 0.5) is 0 Å². The van der Waals surface area contributed by atoms with Gasteiger partial charge in [-0.25, -0.2) is 0 Å². The number of hydrogen-bond acceptors (Lipinski definition) is 4. The van der Waals surface area contributed by atoms with E-state index in [1.165, 1.54) is 7.11 Å². The summed E-state index contributed by atoms with van der Waals surface area (Å²) in [6.07, 6.45) is 1.36. The molecule has 1 heterocycles. The number of rotatable bonds is 1. The number of aliphatic hydroxyl groups is 1. The SMILES string of the molecule is COC(=O)[C@@H]1[C@@H]2CC(O)C[C@@H]2CN1C. The fraction of sp³-hybridized carbons (Fsp3) is 0.900. The van der Waals surface area contributed by atoms with E-state index >= 15 is 0 Å². The molecule has 0 radical (unpaired) electrons. The summed E-state index contributed by atoms with van der Waals surface area (Å²) in [5.74, 6) is 0.607. The van der Waals surface area contributed by atoms with Gasteiger partial charge in [-0.3, -0.25) is 9.69 Å². The van der Waals surface area contributed by atoms with Crippen LogP contribution in [0.15, 0.2) is 0 Å². The predicted molar refractivity (Wildman–Crippen MR) is 50.7 cm³/mol. The van der Waals surface area contributed by atoms with Gasteiger partial charge in [0.05, 0.1) is 13.2 Å². The maximum absolute atomic E-state index is 11.5. The highest BCUT2D eigenvalue weighted by Crippen LogP contribution is 2.41. The zero-order valence-corrected chi connectivity index (χ0v) is 8.64. The lowest BCUT2D eigenvalue weighted by atomic mass is 9.94. The normalized spacial score (nSPS) is 42.5. The van der Waals surface area contributed by atoms with Crippen LogP contribution in [0.25, 0.3) is 0 Å². The average molecular weight is 199 g/mol. The molecule has 2 rings (SSSR count). The van der Waals surface area contributed by atoms with Crippen LogP contribution < -0.4 is 0 Å². The average Bonchev–Trinajstić information content (AvgIpc) is 2.58. The van der Waals surface area contributed by atoms with Crippen LogP contribution in [0.1, 0.15) is 12.8 Å². The van der Waals surface area contributed by atoms with Crippen molar-refractivity contribution in [2.75, 3.05) is 20.7 Å². The van der Waals surface area contributed by atoms with Crippen LogP contribution in [-0.4, -0.2) is 48.8 Å². The molecule has 0 spiro atoms. The van der Waals surface area contributed by atoms with Crippen molar-refractivity contribution in [3.63, 3.8) is 0 Å². The van der Waals surface area contributed by atoms with Gasteiger partial charge in [0, 0.05) is 6.54 Å². The van der Waals surface area contributed by atoms with E-state index in [0.29, 0.717) is 11.8 Å². The first-order chi connectivity index (χ1) is 6.63. The summed E-state index contributed by atoms with van der Waals surface area (Å²) in [5, 5.41) is 9.52. The molecule has 0 aromatic rings. The van der Waals surface area contributed by atoms with Crippen LogP contribution in [0.3, 0.4) is 0 Å². The number of methoxy groups -OCH3 is 1. The molecule has 14 heavy (non-hydrogen) atoms.